The summed E-state index contributed by atoms with van der Waals surface area (Å²) in [5.74, 6) is -35.9. The van der Waals surface area contributed by atoms with Gasteiger partial charge in [-0.3, -0.25) is 0 Å². The van der Waals surface area contributed by atoms with Crippen LogP contribution in [0.4, 0.5) is 52.7 Å². The number of alkyl halides is 12. The molecule has 0 bridgehead atoms. The van der Waals surface area contributed by atoms with Gasteiger partial charge in [-0.1, -0.05) is 30.3 Å². The van der Waals surface area contributed by atoms with Crippen LogP contribution in [0.1, 0.15) is 5.56 Å². The average molecular weight is 560 g/mol. The number of benzene rings is 2. The summed E-state index contributed by atoms with van der Waals surface area (Å²) in [6.07, 6.45) is -8.15. The summed E-state index contributed by atoms with van der Waals surface area (Å²) in [5, 5.41) is -1.29. The normalized spacial score (nSPS) is 14.4. The van der Waals surface area contributed by atoms with Crippen molar-refractivity contribution in [2.24, 2.45) is 0 Å². The molecule has 3 nitrogen and oxygen atoms in total. The second-order valence-electron chi connectivity index (χ2n) is 6.75. The van der Waals surface area contributed by atoms with E-state index in [1.54, 1.807) is 0 Å². The van der Waals surface area contributed by atoms with Crippen molar-refractivity contribution in [2.45, 2.75) is 47.4 Å². The molecule has 0 aliphatic carbocycles. The first-order valence-corrected chi connectivity index (χ1v) is 9.67. The molecule has 0 saturated heterocycles. The van der Waals surface area contributed by atoms with Crippen molar-refractivity contribution in [1.82, 2.24) is 0 Å². The summed E-state index contributed by atoms with van der Waals surface area (Å²) in [6, 6.07) is 4.42. The molecule has 0 unspecified atom stereocenters. The summed E-state index contributed by atoms with van der Waals surface area (Å²) in [6.45, 7) is 0. The number of hydrogen-bond donors (Lipinski definition) is 0. The summed E-state index contributed by atoms with van der Waals surface area (Å²) in [7, 11) is -5.24. The monoisotopic (exact) mass is 560 g/mol. The van der Waals surface area contributed by atoms with Crippen molar-refractivity contribution in [1.29, 1.82) is 0 Å². The van der Waals surface area contributed by atoms with Gasteiger partial charge in [0.25, 0.3) is 0 Å². The van der Waals surface area contributed by atoms with E-state index in [1.165, 1.54) is 0 Å². The third-order valence-electron chi connectivity index (χ3n) is 4.59. The van der Waals surface area contributed by atoms with Crippen molar-refractivity contribution in [2.75, 3.05) is 0 Å². The van der Waals surface area contributed by atoms with Crippen LogP contribution < -0.4 is 51.4 Å². The first-order chi connectivity index (χ1) is 14.6. The smallest absolute Gasteiger partial charge is 0.744 e. The molecule has 0 radical (unpaired) electrons. The van der Waals surface area contributed by atoms with E-state index in [0.29, 0.717) is 12.1 Å². The quantitative estimate of drug-likeness (QED) is 0.284. The molecule has 2 aromatic carbocycles. The first-order valence-electron chi connectivity index (χ1n) is 8.26. The Balaban J connectivity index is 0.00000578. The number of halogens is 12. The predicted molar refractivity (Wildman–Crippen MR) is 86.4 cm³/mol. The molecule has 0 aliphatic heterocycles. The minimum atomic E-state index is -7.67. The van der Waals surface area contributed by atoms with E-state index in [-0.39, 0.29) is 51.4 Å². The minimum absolute atomic E-state index is 0. The Labute approximate surface area is 225 Å². The van der Waals surface area contributed by atoms with E-state index in [9.17, 15) is 65.7 Å². The molecule has 2 rings (SSSR count). The Morgan fingerprint density at radius 2 is 1.21 bits per heavy atom. The molecular formula is C17H9F12KO3S. The topological polar surface area (TPSA) is 57.2 Å². The van der Waals surface area contributed by atoms with Crippen molar-refractivity contribution < 1.29 is 117 Å². The van der Waals surface area contributed by atoms with Crippen LogP contribution in [0.3, 0.4) is 0 Å². The van der Waals surface area contributed by atoms with Crippen LogP contribution in [0, 0.1) is 0 Å². The van der Waals surface area contributed by atoms with Gasteiger partial charge in [0.05, 0.1) is 4.90 Å². The van der Waals surface area contributed by atoms with Gasteiger partial charge in [0.15, 0.2) is 0 Å². The minimum Gasteiger partial charge on any atom is -0.744 e. The fourth-order valence-electron chi connectivity index (χ4n) is 2.84. The Morgan fingerprint density at radius 3 is 1.68 bits per heavy atom. The summed E-state index contributed by atoms with van der Waals surface area (Å²) in [5.41, 5.74) is -1.07. The summed E-state index contributed by atoms with van der Waals surface area (Å²) in [4.78, 5) is -1.02. The molecular weight excluding hydrogens is 551 g/mol. The zero-order chi connectivity index (χ0) is 25.8. The fourth-order valence-corrected chi connectivity index (χ4v) is 3.53. The zero-order valence-electron chi connectivity index (χ0n) is 16.4. The molecule has 186 valence electrons. The molecule has 0 spiro atoms. The van der Waals surface area contributed by atoms with Gasteiger partial charge in [-0.2, -0.15) is 43.9 Å². The maximum atomic E-state index is 14.2. The van der Waals surface area contributed by atoms with Gasteiger partial charge < -0.3 is 4.55 Å². The fraction of sp³-hybridized carbons (Fsp3) is 0.412. The van der Waals surface area contributed by atoms with Crippen LogP contribution >= 0.6 is 0 Å². The van der Waals surface area contributed by atoms with Crippen LogP contribution in [0.2, 0.25) is 0 Å². The maximum Gasteiger partial charge on any atom is 1.00 e. The van der Waals surface area contributed by atoms with Crippen LogP contribution in [0.25, 0.3) is 10.8 Å². The molecule has 17 heteroatoms. The summed E-state index contributed by atoms with van der Waals surface area (Å²) < 4.78 is 194. The van der Waals surface area contributed by atoms with Crippen LogP contribution in [-0.2, 0) is 16.5 Å². The van der Waals surface area contributed by atoms with Crippen LogP contribution in [0.5, 0.6) is 0 Å². The molecule has 34 heavy (non-hydrogen) atoms. The van der Waals surface area contributed by atoms with Gasteiger partial charge in [0.1, 0.15) is 10.1 Å². The Kier molecular flexibility index (Phi) is 8.97. The van der Waals surface area contributed by atoms with Crippen molar-refractivity contribution in [3.63, 3.8) is 0 Å². The molecule has 2 aromatic rings. The number of fused-ring (bicyclic) bond motifs is 1. The average Bonchev–Trinajstić information content (AvgIpc) is 2.66. The third-order valence-corrected chi connectivity index (χ3v) is 5.49. The molecule has 0 saturated carbocycles. The van der Waals surface area contributed by atoms with Gasteiger partial charge in [0.2, 0.25) is 0 Å². The molecule has 0 aliphatic rings. The SMILES string of the molecule is O=S(=O)([O-])c1cccc2c(CC(F)(F)C(F)(F)C(F)(F)C(F)(F)C(F)(F)C(F)F)cccc12.[K+]. The van der Waals surface area contributed by atoms with Gasteiger partial charge in [-0.05, 0) is 22.4 Å². The maximum absolute atomic E-state index is 14.2. The van der Waals surface area contributed by atoms with Gasteiger partial charge >= 0.3 is 87.4 Å². The van der Waals surface area contributed by atoms with Gasteiger partial charge in [-0.15, -0.1) is 0 Å². The molecule has 0 aromatic heterocycles. The van der Waals surface area contributed by atoms with E-state index in [2.05, 4.69) is 0 Å². The molecule has 0 N–H and O–H groups in total. The van der Waals surface area contributed by atoms with Crippen LogP contribution in [0.15, 0.2) is 41.3 Å². The van der Waals surface area contributed by atoms with E-state index < -0.39 is 73.8 Å². The Hall–Kier alpha value is -0.594. The molecule has 0 fully saturated rings. The van der Waals surface area contributed by atoms with Gasteiger partial charge in [0, 0.05) is 6.42 Å². The van der Waals surface area contributed by atoms with Crippen molar-refractivity contribution >= 4 is 20.9 Å². The Morgan fingerprint density at radius 1 is 0.735 bits per heavy atom. The van der Waals surface area contributed by atoms with E-state index in [0.717, 1.165) is 24.3 Å². The Bertz CT molecular complexity index is 1150. The first kappa shape index (κ1) is 31.4. The molecule has 0 atom stereocenters. The summed E-state index contributed by atoms with van der Waals surface area (Å²) >= 11 is 0. The van der Waals surface area contributed by atoms with Crippen molar-refractivity contribution in [3.05, 3.63) is 42.0 Å². The second kappa shape index (κ2) is 9.70. The number of rotatable bonds is 8. The van der Waals surface area contributed by atoms with E-state index >= 15 is 0 Å². The second-order valence-corrected chi connectivity index (χ2v) is 8.10. The number of hydrogen-bond acceptors (Lipinski definition) is 3. The van der Waals surface area contributed by atoms with Crippen molar-refractivity contribution in [3.8, 4) is 0 Å². The third kappa shape index (κ3) is 4.97. The largest absolute Gasteiger partial charge is 1.00 e. The predicted octanol–water partition coefficient (Wildman–Crippen LogP) is 2.73. The van der Waals surface area contributed by atoms with Crippen LogP contribution in [-0.4, -0.2) is 49.0 Å². The molecule has 0 amide bonds. The van der Waals surface area contributed by atoms with Gasteiger partial charge in [-0.25, -0.2) is 17.2 Å². The zero-order valence-corrected chi connectivity index (χ0v) is 20.4. The van der Waals surface area contributed by atoms with E-state index in [4.69, 9.17) is 0 Å². The standard InChI is InChI=1S/C17H10F12O3S.K/c18-12(19)14(22,23)16(26,27)17(28,29)15(24,25)13(20,21)7-8-3-1-5-10-9(8)4-2-6-11(10)33(30,31)32;/h1-6,12H,7H2,(H,30,31,32);/q;+1/p-1. The molecule has 0 heterocycles. The van der Waals surface area contributed by atoms with E-state index in [1.807, 2.05) is 0 Å².